The lowest BCUT2D eigenvalue weighted by Gasteiger charge is -2.36. The zero-order valence-electron chi connectivity index (χ0n) is 31.4. The van der Waals surface area contributed by atoms with Gasteiger partial charge in [-0.25, -0.2) is 9.37 Å². The average Bonchev–Trinajstić information content (AvgIpc) is 3.81. The number of benzene rings is 2. The monoisotopic (exact) mass is 823 g/mol. The van der Waals surface area contributed by atoms with E-state index in [4.69, 9.17) is 26.1 Å². The molecule has 0 aliphatic carbocycles. The van der Waals surface area contributed by atoms with E-state index in [2.05, 4.69) is 15.4 Å². The van der Waals surface area contributed by atoms with Crippen molar-refractivity contribution in [2.75, 3.05) is 67.6 Å². The first kappa shape index (κ1) is 39.1. The summed E-state index contributed by atoms with van der Waals surface area (Å²) in [4.78, 5) is 56.9. The van der Waals surface area contributed by atoms with E-state index in [1.165, 1.54) is 15.5 Å². The molecule has 0 saturated carbocycles. The van der Waals surface area contributed by atoms with E-state index in [0.717, 1.165) is 23.8 Å². The molecule has 2 fully saturated rings. The average molecular weight is 824 g/mol. The molecule has 2 amide bonds. The molecule has 8 rings (SSSR count). The number of fused-ring (bicyclic) bond motifs is 3. The van der Waals surface area contributed by atoms with Gasteiger partial charge in [0.15, 0.2) is 17.3 Å². The lowest BCUT2D eigenvalue weighted by Crippen LogP contribution is -2.51. The van der Waals surface area contributed by atoms with Crippen molar-refractivity contribution in [1.29, 1.82) is 0 Å². The molecule has 3 aliphatic rings. The van der Waals surface area contributed by atoms with Crippen LogP contribution in [0.4, 0.5) is 34.9 Å². The van der Waals surface area contributed by atoms with Gasteiger partial charge < -0.3 is 29.5 Å². The molecule has 304 valence electrons. The summed E-state index contributed by atoms with van der Waals surface area (Å²) in [7, 11) is 0. The third-order valence-electron chi connectivity index (χ3n) is 10.6. The first-order valence-electron chi connectivity index (χ1n) is 18.7. The van der Waals surface area contributed by atoms with Crippen LogP contribution in [0.3, 0.4) is 0 Å². The summed E-state index contributed by atoms with van der Waals surface area (Å²) in [5.74, 6) is -2.02. The molecule has 2 atom stereocenters. The summed E-state index contributed by atoms with van der Waals surface area (Å²) in [5, 5.41) is 7.00. The van der Waals surface area contributed by atoms with Crippen LogP contribution >= 0.6 is 11.6 Å². The van der Waals surface area contributed by atoms with Crippen LogP contribution in [0, 0.1) is 12.7 Å². The van der Waals surface area contributed by atoms with Crippen LogP contribution in [0.1, 0.15) is 58.3 Å². The van der Waals surface area contributed by atoms with Crippen molar-refractivity contribution in [3.05, 3.63) is 104 Å². The van der Waals surface area contributed by atoms with Gasteiger partial charge in [0, 0.05) is 50.9 Å². The minimum atomic E-state index is -4.63. The van der Waals surface area contributed by atoms with Gasteiger partial charge in [0.25, 0.3) is 11.5 Å². The molecule has 0 bridgehead atoms. The van der Waals surface area contributed by atoms with Crippen molar-refractivity contribution in [3.8, 4) is 5.75 Å². The van der Waals surface area contributed by atoms with Crippen LogP contribution in [-0.2, 0) is 22.3 Å². The Kier molecular flexibility index (Phi) is 10.5. The number of piperazine rings is 1. The van der Waals surface area contributed by atoms with Crippen LogP contribution in [0.25, 0.3) is 5.78 Å². The second-order valence-electron chi connectivity index (χ2n) is 14.4. The number of ether oxygens (including phenoxy) is 2. The van der Waals surface area contributed by atoms with Crippen molar-refractivity contribution >= 4 is 46.5 Å². The van der Waals surface area contributed by atoms with Crippen molar-refractivity contribution in [2.24, 2.45) is 0 Å². The Balaban J connectivity index is 1.11. The number of hydrogen-bond acceptors (Lipinski definition) is 10. The van der Waals surface area contributed by atoms with Gasteiger partial charge in [-0.05, 0) is 43.2 Å². The second-order valence-corrected chi connectivity index (χ2v) is 14.9. The molecule has 5 aromatic rings. The Morgan fingerprint density at radius 3 is 2.40 bits per heavy atom. The molecule has 1 N–H and O–H groups in total. The van der Waals surface area contributed by atoms with Gasteiger partial charge in [0.2, 0.25) is 17.6 Å². The molecule has 19 heteroatoms. The lowest BCUT2D eigenvalue weighted by atomic mass is 10.0. The number of alkyl halides is 3. The smallest absolute Gasteiger partial charge is 0.416 e. The van der Waals surface area contributed by atoms with E-state index in [0.29, 0.717) is 37.7 Å². The fourth-order valence-corrected chi connectivity index (χ4v) is 7.92. The number of carbonyl (C=O) groups excluding carboxylic acids is 2. The van der Waals surface area contributed by atoms with E-state index in [-0.39, 0.29) is 84.7 Å². The van der Waals surface area contributed by atoms with Gasteiger partial charge in [-0.15, -0.1) is 5.10 Å². The molecule has 2 aromatic carbocycles. The largest absolute Gasteiger partial charge is 0.483 e. The number of pyridine rings is 1. The third-order valence-corrected chi connectivity index (χ3v) is 10.9. The summed E-state index contributed by atoms with van der Waals surface area (Å²) in [5.41, 5.74) is 0.303. The molecular weight excluding hydrogens is 786 g/mol. The number of carbonyl (C=O) groups is 2. The summed E-state index contributed by atoms with van der Waals surface area (Å²) < 4.78 is 69.5. The first-order valence-corrected chi connectivity index (χ1v) is 19.1. The van der Waals surface area contributed by atoms with Crippen LogP contribution in [-0.4, -0.2) is 93.3 Å². The number of rotatable bonds is 8. The molecular formula is C39H38ClF4N9O5. The van der Waals surface area contributed by atoms with Crippen molar-refractivity contribution in [1.82, 2.24) is 29.0 Å². The maximum atomic E-state index is 15.3. The molecule has 58 heavy (non-hydrogen) atoms. The molecule has 6 heterocycles. The van der Waals surface area contributed by atoms with E-state index < -0.39 is 41.0 Å². The van der Waals surface area contributed by atoms with Crippen LogP contribution < -0.4 is 25.4 Å². The van der Waals surface area contributed by atoms with Gasteiger partial charge in [-0.1, -0.05) is 48.9 Å². The van der Waals surface area contributed by atoms with Crippen molar-refractivity contribution in [2.45, 2.75) is 45.0 Å². The molecule has 14 nitrogen and oxygen atoms in total. The van der Waals surface area contributed by atoms with E-state index in [1.54, 1.807) is 11.5 Å². The van der Waals surface area contributed by atoms with Crippen LogP contribution in [0.5, 0.6) is 5.75 Å². The lowest BCUT2D eigenvalue weighted by molar-refractivity contribution is -0.137. The summed E-state index contributed by atoms with van der Waals surface area (Å²) in [6.07, 6.45) is -4.40. The first-order chi connectivity index (χ1) is 27.8. The minimum absolute atomic E-state index is 0.00840. The maximum Gasteiger partial charge on any atom is 0.416 e. The quantitative estimate of drug-likeness (QED) is 0.201. The van der Waals surface area contributed by atoms with E-state index in [9.17, 15) is 27.6 Å². The van der Waals surface area contributed by atoms with E-state index in [1.807, 2.05) is 47.1 Å². The summed E-state index contributed by atoms with van der Waals surface area (Å²) >= 11 is 6.22. The van der Waals surface area contributed by atoms with Gasteiger partial charge in [0.1, 0.15) is 18.3 Å². The zero-order chi connectivity index (χ0) is 40.9. The highest BCUT2D eigenvalue weighted by Crippen LogP contribution is 2.42. The predicted octanol–water partition coefficient (Wildman–Crippen LogP) is 5.47. The van der Waals surface area contributed by atoms with Gasteiger partial charge in [-0.3, -0.25) is 19.0 Å². The Bertz CT molecular complexity index is 2450. The molecule has 0 radical (unpaired) electrons. The SMILES string of the molecule is Cc1cc(F)c(OCc2ccccc2)c(C(=O)N2CCN(c3c4n(c5nc(N6CCOCC6)nn5c3=O)[C@H](C(=O)Nc3ccc(C(F)(F)F)cc3Cl)C[C@@H]4C)CC2)n1. The van der Waals surface area contributed by atoms with E-state index >= 15 is 4.39 Å². The number of anilines is 3. The van der Waals surface area contributed by atoms with Crippen LogP contribution in [0.15, 0.2) is 59.4 Å². The fourth-order valence-electron chi connectivity index (χ4n) is 7.69. The summed E-state index contributed by atoms with van der Waals surface area (Å²) in [6.45, 7) is 5.99. The topological polar surface area (TPSA) is 139 Å². The van der Waals surface area contributed by atoms with Crippen LogP contribution in [0.2, 0.25) is 5.02 Å². The van der Waals surface area contributed by atoms with Gasteiger partial charge >= 0.3 is 6.18 Å². The van der Waals surface area contributed by atoms with Crippen molar-refractivity contribution in [3.63, 3.8) is 0 Å². The predicted molar refractivity (Wildman–Crippen MR) is 205 cm³/mol. The Labute approximate surface area is 333 Å². The Morgan fingerprint density at radius 2 is 1.71 bits per heavy atom. The number of aryl methyl sites for hydroxylation is 1. The normalized spacial score (nSPS) is 18.4. The fraction of sp³-hybridized carbons (Fsp3) is 0.385. The standard InChI is InChI=1S/C39H38ClF4N9O5/c1-22-18-29(34(54)46-28-9-8-25(20-26(28)40)39(42,43)44)52-31(22)32(36(56)53-38(52)47-37(48-53)51-14-16-57-17-15-51)49-10-12-50(13-11-49)35(55)30-33(27(41)19-23(2)45-30)58-21-24-6-4-3-5-7-24/h3-9,19-20,22,29H,10-18,21H2,1-2H3,(H,46,54)/t22-,29-/m0/s1. The number of hydrogen-bond donors (Lipinski definition) is 1. The maximum absolute atomic E-state index is 15.3. The molecule has 3 aliphatic heterocycles. The van der Waals surface area contributed by atoms with Gasteiger partial charge in [-0.2, -0.15) is 22.7 Å². The molecule has 0 unspecified atom stereocenters. The number of amides is 2. The second kappa shape index (κ2) is 15.5. The number of aromatic nitrogens is 5. The zero-order valence-corrected chi connectivity index (χ0v) is 32.2. The molecule has 3 aromatic heterocycles. The Morgan fingerprint density at radius 1 is 0.983 bits per heavy atom. The number of nitrogens with zero attached hydrogens (tertiary/aromatic N) is 8. The third kappa shape index (κ3) is 7.41. The molecule has 2 saturated heterocycles. The molecule has 0 spiro atoms. The number of halogens is 5. The van der Waals surface area contributed by atoms with Crippen molar-refractivity contribution < 1.29 is 36.6 Å². The number of morpholine rings is 1. The number of nitrogens with one attached hydrogen (secondary N) is 1. The highest BCUT2D eigenvalue weighted by atomic mass is 35.5. The summed E-state index contributed by atoms with van der Waals surface area (Å²) in [6, 6.07) is 12.1. The highest BCUT2D eigenvalue weighted by molar-refractivity contribution is 6.33. The minimum Gasteiger partial charge on any atom is -0.483 e. The van der Waals surface area contributed by atoms with Gasteiger partial charge in [0.05, 0.1) is 35.2 Å². The highest BCUT2D eigenvalue weighted by Gasteiger charge is 2.41. The Hall–Kier alpha value is -5.75.